The third kappa shape index (κ3) is 3.24. The number of nitrogens with one attached hydrogen (secondary N) is 1. The van der Waals surface area contributed by atoms with Crippen molar-refractivity contribution in [3.05, 3.63) is 58.6 Å². The van der Waals surface area contributed by atoms with Gasteiger partial charge in [-0.1, -0.05) is 18.2 Å². The maximum absolute atomic E-state index is 12.0. The van der Waals surface area contributed by atoms with E-state index in [9.17, 15) is 19.8 Å². The van der Waals surface area contributed by atoms with Gasteiger partial charge in [-0.15, -0.1) is 0 Å². The molecule has 0 spiro atoms. The van der Waals surface area contributed by atoms with Crippen molar-refractivity contribution in [3.63, 3.8) is 0 Å². The molecular weight excluding hydrogens is 312 g/mol. The highest BCUT2D eigenvalue weighted by Gasteiger charge is 2.12. The van der Waals surface area contributed by atoms with E-state index in [2.05, 4.69) is 5.32 Å². The molecule has 3 rings (SSSR count). The third-order valence-corrected chi connectivity index (χ3v) is 3.65. The number of hydrogen-bond donors (Lipinski definition) is 3. The number of phenols is 2. The number of para-hydroxylation sites is 2. The van der Waals surface area contributed by atoms with E-state index in [1.54, 1.807) is 30.3 Å². The molecule has 0 aliphatic carbocycles. The Morgan fingerprint density at radius 3 is 2.71 bits per heavy atom. The highest BCUT2D eigenvalue weighted by Crippen LogP contribution is 2.24. The van der Waals surface area contributed by atoms with Crippen LogP contribution in [0.5, 0.6) is 11.5 Å². The Morgan fingerprint density at radius 2 is 1.92 bits per heavy atom. The van der Waals surface area contributed by atoms with Crippen LogP contribution < -0.4 is 11.1 Å². The fraction of sp³-hybridized carbons (Fsp3) is 0.176. The van der Waals surface area contributed by atoms with Gasteiger partial charge in [-0.05, 0) is 36.2 Å². The van der Waals surface area contributed by atoms with Gasteiger partial charge in [0.1, 0.15) is 6.54 Å². The van der Waals surface area contributed by atoms with Gasteiger partial charge in [0.15, 0.2) is 17.1 Å². The van der Waals surface area contributed by atoms with Crippen LogP contribution in [0, 0.1) is 0 Å². The van der Waals surface area contributed by atoms with E-state index in [0.29, 0.717) is 24.1 Å². The Balaban J connectivity index is 1.60. The molecular formula is C17H16N2O5. The lowest BCUT2D eigenvalue weighted by molar-refractivity contribution is -0.121. The van der Waals surface area contributed by atoms with Crippen LogP contribution >= 0.6 is 0 Å². The summed E-state index contributed by atoms with van der Waals surface area (Å²) in [7, 11) is 0. The highest BCUT2D eigenvalue weighted by atomic mass is 16.4. The van der Waals surface area contributed by atoms with Gasteiger partial charge in [0, 0.05) is 6.54 Å². The molecule has 3 N–H and O–H groups in total. The third-order valence-electron chi connectivity index (χ3n) is 3.65. The molecule has 24 heavy (non-hydrogen) atoms. The second-order valence-corrected chi connectivity index (χ2v) is 5.34. The summed E-state index contributed by atoms with van der Waals surface area (Å²) in [6.45, 7) is 0.213. The Kier molecular flexibility index (Phi) is 4.24. The SMILES string of the molecule is O=C(Cn1c(=O)oc2ccccc21)NCCc1ccc(O)c(O)c1. The van der Waals surface area contributed by atoms with Crippen molar-refractivity contribution in [1.82, 2.24) is 9.88 Å². The Morgan fingerprint density at radius 1 is 1.12 bits per heavy atom. The molecule has 0 unspecified atom stereocenters. The van der Waals surface area contributed by atoms with Crippen LogP contribution in [-0.4, -0.2) is 27.2 Å². The average Bonchev–Trinajstić information content (AvgIpc) is 2.87. The van der Waals surface area contributed by atoms with Gasteiger partial charge in [0.25, 0.3) is 0 Å². The first kappa shape index (κ1) is 15.7. The summed E-state index contributed by atoms with van der Waals surface area (Å²) in [5, 5.41) is 21.4. The number of phenolic OH excluding ortho intramolecular Hbond substituents is 2. The van der Waals surface area contributed by atoms with Crippen LogP contribution in [0.3, 0.4) is 0 Å². The van der Waals surface area contributed by atoms with Gasteiger partial charge in [0.2, 0.25) is 5.91 Å². The highest BCUT2D eigenvalue weighted by molar-refractivity contribution is 5.79. The van der Waals surface area contributed by atoms with Crippen molar-refractivity contribution < 1.29 is 19.4 Å². The first-order valence-corrected chi connectivity index (χ1v) is 7.40. The van der Waals surface area contributed by atoms with Crippen molar-refractivity contribution in [2.45, 2.75) is 13.0 Å². The van der Waals surface area contributed by atoms with Crippen LogP contribution in [0.1, 0.15) is 5.56 Å². The summed E-state index contributed by atoms with van der Waals surface area (Å²) < 4.78 is 6.35. The molecule has 7 nitrogen and oxygen atoms in total. The molecule has 7 heteroatoms. The van der Waals surface area contributed by atoms with Crippen molar-refractivity contribution in [3.8, 4) is 11.5 Å². The maximum atomic E-state index is 12.0. The second kappa shape index (κ2) is 6.49. The molecule has 3 aromatic rings. The smallest absolute Gasteiger partial charge is 0.420 e. The zero-order valence-corrected chi connectivity index (χ0v) is 12.7. The normalized spacial score (nSPS) is 10.8. The Bertz CT molecular complexity index is 942. The van der Waals surface area contributed by atoms with Crippen molar-refractivity contribution >= 4 is 17.0 Å². The molecule has 0 fully saturated rings. The summed E-state index contributed by atoms with van der Waals surface area (Å²) in [5.74, 6) is -1.27. The minimum Gasteiger partial charge on any atom is -0.504 e. The van der Waals surface area contributed by atoms with Crippen LogP contribution in [0.25, 0.3) is 11.1 Å². The second-order valence-electron chi connectivity index (χ2n) is 5.34. The molecule has 2 aromatic carbocycles. The van der Waals surface area contributed by atoms with Crippen molar-refractivity contribution in [1.29, 1.82) is 0 Å². The number of aromatic nitrogens is 1. The molecule has 1 aromatic heterocycles. The summed E-state index contributed by atoms with van der Waals surface area (Å²) >= 11 is 0. The van der Waals surface area contributed by atoms with E-state index in [4.69, 9.17) is 4.42 Å². The fourth-order valence-corrected chi connectivity index (χ4v) is 2.43. The van der Waals surface area contributed by atoms with E-state index in [1.807, 2.05) is 0 Å². The van der Waals surface area contributed by atoms with Gasteiger partial charge in [-0.2, -0.15) is 0 Å². The van der Waals surface area contributed by atoms with E-state index in [1.165, 1.54) is 16.7 Å². The van der Waals surface area contributed by atoms with Crippen LogP contribution in [0.4, 0.5) is 0 Å². The molecule has 0 aliphatic heterocycles. The molecule has 124 valence electrons. The monoisotopic (exact) mass is 328 g/mol. The Labute approximate surface area is 136 Å². The van der Waals surface area contributed by atoms with Gasteiger partial charge >= 0.3 is 5.76 Å². The first-order valence-electron chi connectivity index (χ1n) is 7.40. The van der Waals surface area contributed by atoms with Gasteiger partial charge in [-0.3, -0.25) is 9.36 Å². The summed E-state index contributed by atoms with van der Waals surface area (Å²) in [4.78, 5) is 23.8. The maximum Gasteiger partial charge on any atom is 0.420 e. The Hall–Kier alpha value is -3.22. The largest absolute Gasteiger partial charge is 0.504 e. The number of carbonyl (C=O) groups excluding carboxylic acids is 1. The number of nitrogens with zero attached hydrogens (tertiary/aromatic N) is 1. The van der Waals surface area contributed by atoms with E-state index < -0.39 is 5.76 Å². The molecule has 0 aliphatic rings. The van der Waals surface area contributed by atoms with E-state index in [-0.39, 0.29) is 24.0 Å². The number of fused-ring (bicyclic) bond motifs is 1. The molecule has 1 heterocycles. The summed E-state index contributed by atoms with van der Waals surface area (Å²) in [6, 6.07) is 11.4. The number of benzene rings is 2. The zero-order chi connectivity index (χ0) is 17.1. The van der Waals surface area contributed by atoms with Gasteiger partial charge in [0.05, 0.1) is 5.52 Å². The van der Waals surface area contributed by atoms with Crippen LogP contribution in [-0.2, 0) is 17.8 Å². The quantitative estimate of drug-likeness (QED) is 0.614. The van der Waals surface area contributed by atoms with E-state index in [0.717, 1.165) is 5.56 Å². The van der Waals surface area contributed by atoms with Crippen molar-refractivity contribution in [2.75, 3.05) is 6.54 Å². The number of amides is 1. The topological polar surface area (TPSA) is 105 Å². The van der Waals surface area contributed by atoms with Crippen molar-refractivity contribution in [2.24, 2.45) is 0 Å². The lowest BCUT2D eigenvalue weighted by Gasteiger charge is -2.07. The predicted molar refractivity (Wildman–Crippen MR) is 87.0 cm³/mol. The molecule has 0 saturated heterocycles. The lowest BCUT2D eigenvalue weighted by atomic mass is 10.1. The zero-order valence-electron chi connectivity index (χ0n) is 12.7. The average molecular weight is 328 g/mol. The van der Waals surface area contributed by atoms with Gasteiger partial charge < -0.3 is 19.9 Å². The van der Waals surface area contributed by atoms with Gasteiger partial charge in [-0.25, -0.2) is 4.79 Å². The standard InChI is InChI=1S/C17H16N2O5/c20-13-6-5-11(9-14(13)21)7-8-18-16(22)10-19-12-3-1-2-4-15(12)24-17(19)23/h1-6,9,20-21H,7-8,10H2,(H,18,22). The lowest BCUT2D eigenvalue weighted by Crippen LogP contribution is -2.32. The number of hydrogen-bond acceptors (Lipinski definition) is 5. The minimum absolute atomic E-state index is 0.128. The molecule has 0 radical (unpaired) electrons. The minimum atomic E-state index is -0.574. The number of rotatable bonds is 5. The number of aromatic hydroxyl groups is 2. The molecule has 1 amide bonds. The predicted octanol–water partition coefficient (Wildman–Crippen LogP) is 1.36. The van der Waals surface area contributed by atoms with Crippen LogP contribution in [0.15, 0.2) is 51.7 Å². The summed E-state index contributed by atoms with van der Waals surface area (Å²) in [5.41, 5.74) is 1.78. The van der Waals surface area contributed by atoms with E-state index >= 15 is 0 Å². The number of carbonyl (C=O) groups is 1. The number of oxazole rings is 1. The fourth-order valence-electron chi connectivity index (χ4n) is 2.43. The van der Waals surface area contributed by atoms with Crippen LogP contribution in [0.2, 0.25) is 0 Å². The first-order chi connectivity index (χ1) is 11.5. The summed E-state index contributed by atoms with van der Waals surface area (Å²) in [6.07, 6.45) is 0.487. The molecule has 0 saturated carbocycles. The molecule has 0 bridgehead atoms. The molecule has 0 atom stereocenters.